The topological polar surface area (TPSA) is 50.8 Å². The summed E-state index contributed by atoms with van der Waals surface area (Å²) in [6.45, 7) is 7.82. The normalized spacial score (nSPS) is 23.1. The Bertz CT molecular complexity index is 520. The summed E-state index contributed by atoms with van der Waals surface area (Å²) >= 11 is 0. The molecule has 1 aromatic rings. The van der Waals surface area contributed by atoms with Gasteiger partial charge in [-0.25, -0.2) is 0 Å². The molecular weight excluding hydrogens is 304 g/mol. The van der Waals surface area contributed by atoms with E-state index in [1.165, 1.54) is 5.56 Å². The molecular formula is C19H28N2O3. The summed E-state index contributed by atoms with van der Waals surface area (Å²) in [7, 11) is 0. The van der Waals surface area contributed by atoms with Crippen LogP contribution in [0.3, 0.4) is 0 Å². The largest absolute Gasteiger partial charge is 0.381 e. The molecule has 2 heterocycles. The number of aryl methyl sites for hydroxylation is 1. The third-order valence-electron chi connectivity index (χ3n) is 5.02. The van der Waals surface area contributed by atoms with E-state index < -0.39 is 0 Å². The smallest absolute Gasteiger partial charge is 0.224 e. The van der Waals surface area contributed by atoms with Gasteiger partial charge < -0.3 is 14.8 Å². The van der Waals surface area contributed by atoms with Crippen LogP contribution in [0.25, 0.3) is 0 Å². The summed E-state index contributed by atoms with van der Waals surface area (Å²) in [5.74, 6) is 0.596. The van der Waals surface area contributed by atoms with Crippen molar-refractivity contribution in [3.63, 3.8) is 0 Å². The van der Waals surface area contributed by atoms with Crippen LogP contribution in [0.4, 0.5) is 0 Å². The van der Waals surface area contributed by atoms with E-state index in [0.717, 1.165) is 51.5 Å². The number of ether oxygens (including phenoxy) is 2. The van der Waals surface area contributed by atoms with Crippen LogP contribution >= 0.6 is 0 Å². The third kappa shape index (κ3) is 4.79. The predicted molar refractivity (Wildman–Crippen MR) is 93.0 cm³/mol. The van der Waals surface area contributed by atoms with E-state index in [1.807, 2.05) is 12.1 Å². The molecule has 1 amide bonds. The highest BCUT2D eigenvalue weighted by Gasteiger charge is 2.31. The SMILES string of the molecule is Cc1ccc(CC(=O)NC[C@@H]([C@@H]2CCOC2)N2CCOCC2)cc1. The highest BCUT2D eigenvalue weighted by atomic mass is 16.5. The Balaban J connectivity index is 1.53. The molecule has 0 unspecified atom stereocenters. The molecule has 0 saturated carbocycles. The van der Waals surface area contributed by atoms with Gasteiger partial charge in [0.25, 0.3) is 0 Å². The summed E-state index contributed by atoms with van der Waals surface area (Å²) in [5.41, 5.74) is 2.28. The van der Waals surface area contributed by atoms with Gasteiger partial charge in [0, 0.05) is 38.2 Å². The van der Waals surface area contributed by atoms with Gasteiger partial charge in [0.15, 0.2) is 0 Å². The lowest BCUT2D eigenvalue weighted by molar-refractivity contribution is -0.120. The maximum atomic E-state index is 12.3. The van der Waals surface area contributed by atoms with Crippen LogP contribution in [0.1, 0.15) is 17.5 Å². The van der Waals surface area contributed by atoms with E-state index in [4.69, 9.17) is 9.47 Å². The molecule has 2 atom stereocenters. The molecule has 3 rings (SSSR count). The number of morpholine rings is 1. The Kier molecular flexibility index (Phi) is 6.24. The molecule has 2 fully saturated rings. The number of carbonyl (C=O) groups is 1. The molecule has 0 aliphatic carbocycles. The van der Waals surface area contributed by atoms with Crippen molar-refractivity contribution in [1.29, 1.82) is 0 Å². The zero-order valence-corrected chi connectivity index (χ0v) is 14.5. The standard InChI is InChI=1S/C19H28N2O3/c1-15-2-4-16(5-3-15)12-19(22)20-13-18(17-6-9-24-14-17)21-7-10-23-11-8-21/h2-5,17-18H,6-14H2,1H3,(H,20,22)/t17-,18+/m1/s1. The molecule has 0 bridgehead atoms. The summed E-state index contributed by atoms with van der Waals surface area (Å²) < 4.78 is 11.0. The second-order valence-corrected chi connectivity index (χ2v) is 6.81. The van der Waals surface area contributed by atoms with Gasteiger partial charge >= 0.3 is 0 Å². The van der Waals surface area contributed by atoms with Gasteiger partial charge in [0.1, 0.15) is 0 Å². The lowest BCUT2D eigenvalue weighted by atomic mass is 9.96. The molecule has 24 heavy (non-hydrogen) atoms. The Labute approximate surface area is 144 Å². The van der Waals surface area contributed by atoms with Crippen molar-refractivity contribution in [2.75, 3.05) is 46.1 Å². The van der Waals surface area contributed by atoms with Crippen molar-refractivity contribution in [2.24, 2.45) is 5.92 Å². The molecule has 0 spiro atoms. The number of nitrogens with one attached hydrogen (secondary N) is 1. The van der Waals surface area contributed by atoms with Gasteiger partial charge in [0.05, 0.1) is 26.2 Å². The van der Waals surface area contributed by atoms with Crippen LogP contribution in [-0.2, 0) is 20.7 Å². The van der Waals surface area contributed by atoms with E-state index in [0.29, 0.717) is 24.9 Å². The fourth-order valence-corrected chi connectivity index (χ4v) is 3.53. The number of nitrogens with zero attached hydrogens (tertiary/aromatic N) is 1. The molecule has 2 aliphatic heterocycles. The van der Waals surface area contributed by atoms with Gasteiger partial charge in [-0.1, -0.05) is 29.8 Å². The third-order valence-corrected chi connectivity index (χ3v) is 5.02. The number of amides is 1. The minimum atomic E-state index is 0.0935. The monoisotopic (exact) mass is 332 g/mol. The van der Waals surface area contributed by atoms with Gasteiger partial charge in [-0.05, 0) is 18.9 Å². The second-order valence-electron chi connectivity index (χ2n) is 6.81. The Morgan fingerprint density at radius 2 is 1.96 bits per heavy atom. The van der Waals surface area contributed by atoms with Crippen molar-refractivity contribution in [3.05, 3.63) is 35.4 Å². The van der Waals surface area contributed by atoms with E-state index in [-0.39, 0.29) is 5.91 Å². The van der Waals surface area contributed by atoms with Crippen LogP contribution in [-0.4, -0.2) is 62.9 Å². The minimum absolute atomic E-state index is 0.0935. The lowest BCUT2D eigenvalue weighted by Gasteiger charge is -2.37. The number of hydrogen-bond donors (Lipinski definition) is 1. The fraction of sp³-hybridized carbons (Fsp3) is 0.632. The maximum absolute atomic E-state index is 12.3. The van der Waals surface area contributed by atoms with Crippen molar-refractivity contribution in [3.8, 4) is 0 Å². The number of hydrogen-bond acceptors (Lipinski definition) is 4. The van der Waals surface area contributed by atoms with E-state index in [2.05, 4.69) is 29.3 Å². The van der Waals surface area contributed by atoms with Crippen molar-refractivity contribution < 1.29 is 14.3 Å². The zero-order chi connectivity index (χ0) is 16.8. The van der Waals surface area contributed by atoms with Crippen LogP contribution in [0.2, 0.25) is 0 Å². The highest BCUT2D eigenvalue weighted by Crippen LogP contribution is 2.21. The first kappa shape index (κ1) is 17.4. The van der Waals surface area contributed by atoms with E-state index >= 15 is 0 Å². The molecule has 2 saturated heterocycles. The van der Waals surface area contributed by atoms with Gasteiger partial charge in [-0.3, -0.25) is 9.69 Å². The van der Waals surface area contributed by atoms with Crippen molar-refractivity contribution in [1.82, 2.24) is 10.2 Å². The fourth-order valence-electron chi connectivity index (χ4n) is 3.53. The summed E-state index contributed by atoms with van der Waals surface area (Å²) in [6.07, 6.45) is 1.52. The summed E-state index contributed by atoms with van der Waals surface area (Å²) in [5, 5.41) is 3.14. The molecule has 2 aliphatic rings. The van der Waals surface area contributed by atoms with Gasteiger partial charge in [-0.15, -0.1) is 0 Å². The average molecular weight is 332 g/mol. The van der Waals surface area contributed by atoms with Crippen LogP contribution in [0.15, 0.2) is 24.3 Å². The number of carbonyl (C=O) groups excluding carboxylic acids is 1. The minimum Gasteiger partial charge on any atom is -0.381 e. The maximum Gasteiger partial charge on any atom is 0.224 e. The van der Waals surface area contributed by atoms with Crippen molar-refractivity contribution >= 4 is 5.91 Å². The van der Waals surface area contributed by atoms with Crippen LogP contribution < -0.4 is 5.32 Å². The number of rotatable bonds is 6. The Hall–Kier alpha value is -1.43. The summed E-state index contributed by atoms with van der Waals surface area (Å²) in [6, 6.07) is 8.50. The first-order valence-corrected chi connectivity index (χ1v) is 8.94. The van der Waals surface area contributed by atoms with E-state index in [9.17, 15) is 4.79 Å². The zero-order valence-electron chi connectivity index (χ0n) is 14.5. The molecule has 0 radical (unpaired) electrons. The first-order chi connectivity index (χ1) is 11.7. The Morgan fingerprint density at radius 1 is 1.21 bits per heavy atom. The van der Waals surface area contributed by atoms with Crippen LogP contribution in [0, 0.1) is 12.8 Å². The molecule has 5 nitrogen and oxygen atoms in total. The van der Waals surface area contributed by atoms with Gasteiger partial charge in [-0.2, -0.15) is 0 Å². The van der Waals surface area contributed by atoms with Crippen LogP contribution in [0.5, 0.6) is 0 Å². The highest BCUT2D eigenvalue weighted by molar-refractivity contribution is 5.78. The first-order valence-electron chi connectivity index (χ1n) is 8.94. The average Bonchev–Trinajstić information content (AvgIpc) is 3.12. The predicted octanol–water partition coefficient (Wildman–Crippen LogP) is 1.39. The molecule has 5 heteroatoms. The van der Waals surface area contributed by atoms with Gasteiger partial charge in [0.2, 0.25) is 5.91 Å². The number of benzene rings is 1. The quantitative estimate of drug-likeness (QED) is 0.855. The molecule has 132 valence electrons. The summed E-state index contributed by atoms with van der Waals surface area (Å²) in [4.78, 5) is 14.8. The van der Waals surface area contributed by atoms with E-state index in [1.54, 1.807) is 0 Å². The lowest BCUT2D eigenvalue weighted by Crippen LogP contribution is -2.52. The second kappa shape index (κ2) is 8.60. The molecule has 1 aromatic carbocycles. The Morgan fingerprint density at radius 3 is 2.62 bits per heavy atom. The molecule has 0 aromatic heterocycles. The molecule has 1 N–H and O–H groups in total. The van der Waals surface area contributed by atoms with Crippen molar-refractivity contribution in [2.45, 2.75) is 25.8 Å².